The lowest BCUT2D eigenvalue weighted by molar-refractivity contribution is -0.416. The molecule has 12 saturated heterocycles. The average molecular weight is 2180 g/mol. The number of carbonyl (C=O) groups excluding carboxylic acids is 6. The van der Waals surface area contributed by atoms with Gasteiger partial charge in [-0.2, -0.15) is 0 Å². The predicted molar refractivity (Wildman–Crippen MR) is 462 cm³/mol. The summed E-state index contributed by atoms with van der Waals surface area (Å²) in [5.41, 5.74) is 0. The highest BCUT2D eigenvalue weighted by atomic mass is 16.8. The molecule has 149 heavy (non-hydrogen) atoms. The highest BCUT2D eigenvalue weighted by Crippen LogP contribution is 2.44. The quantitative estimate of drug-likeness (QED) is 0.0273. The van der Waals surface area contributed by atoms with Crippen molar-refractivity contribution >= 4 is 35.4 Å². The van der Waals surface area contributed by atoms with Crippen molar-refractivity contribution in [2.24, 2.45) is 0 Å². The van der Waals surface area contributed by atoms with Gasteiger partial charge in [0.25, 0.3) is 0 Å². The normalized spacial score (nSPS) is 49.0. The fourth-order valence-corrected chi connectivity index (χ4v) is 19.5. The zero-order valence-corrected chi connectivity index (χ0v) is 81.0. The molecule has 12 rings (SSSR count). The number of nitrogens with one attached hydrogen (secondary N) is 6. The number of hydrogen-bond donors (Lipinski definition) is 36. The molecule has 860 valence electrons. The molecule has 60 atom stereocenters. The number of aliphatic hydroxyl groups excluding tert-OH is 30. The van der Waals surface area contributed by atoms with Gasteiger partial charge in [0.1, 0.15) is 280 Å². The van der Waals surface area contributed by atoms with Crippen LogP contribution in [-0.2, 0) is 138 Å². The van der Waals surface area contributed by atoms with E-state index in [-0.39, 0.29) is 0 Å². The van der Waals surface area contributed by atoms with E-state index < -0.39 is 470 Å². The molecule has 36 N–H and O–H groups in total. The SMILES string of the molecule is CC(=O)N[C@H]1[C@H](O[C@H]2[C@H](O)[C@@H](NC(C)=O)C(O)O[C@@H]2CO[C@@H]2O[C@@H](C)[C@@H](O)[C@@H](O)[C@@H]2O)O[C@H](CO)[C@@H](O[C@@H]2O[C@H](CO[C@H]3O[C@H](CO)[C@@H](O)[C@H](O)[C@@H]3O[C@@H]3O[C@H](CO)[C@@H](O)[C@H](O)[C@H]3NC(C)=O)[C@@H](O[C@@H]3O[C@H](CO)[C@@H](O)[C@H](O)[C@H]3NC(C)=O)[C@H](O[C@H]3O[C@H](CO)[C@@H](O[C@@H]4O[C@H](CO)[C@@H](O)[C@H](O)[C@H]4NC(C)=O)[C@H](O)[C@@H]3O[C@@H]3O[C@H](CO)[C@@H](O[C@@H]4O[C@H](CO)[C@H](O)[C@H](O)[C@H]4O)[C@H](O[C@@H]4O[C@@H](C)[C@@H](O)[C@@H](O)[C@@H]4O)[C@H]3NC(C)=O)[C@@H]2O)[C@@H]1O. The molecule has 12 aliphatic rings. The summed E-state index contributed by atoms with van der Waals surface area (Å²) in [5, 5.41) is 359. The first-order chi connectivity index (χ1) is 70.4. The van der Waals surface area contributed by atoms with E-state index in [0.717, 1.165) is 41.5 Å². The van der Waals surface area contributed by atoms with E-state index in [1.54, 1.807) is 0 Å². The Bertz CT molecular complexity index is 4230. The van der Waals surface area contributed by atoms with Gasteiger partial charge in [-0.1, -0.05) is 0 Å². The Balaban J connectivity index is 1.04. The Morgan fingerprint density at radius 2 is 0.430 bits per heavy atom. The van der Waals surface area contributed by atoms with Crippen LogP contribution in [0.2, 0.25) is 0 Å². The van der Waals surface area contributed by atoms with Gasteiger partial charge < -0.3 is 294 Å². The number of hydrogen-bond acceptors (Lipinski definition) is 59. The highest BCUT2D eigenvalue weighted by Gasteiger charge is 2.65. The van der Waals surface area contributed by atoms with Gasteiger partial charge in [-0.25, -0.2) is 0 Å². The van der Waals surface area contributed by atoms with Crippen LogP contribution in [-0.4, -0.2) is 623 Å². The van der Waals surface area contributed by atoms with E-state index in [0.29, 0.717) is 0 Å². The van der Waals surface area contributed by atoms with Gasteiger partial charge in [-0.15, -0.1) is 0 Å². The molecule has 0 aromatic carbocycles. The van der Waals surface area contributed by atoms with Crippen LogP contribution in [0, 0.1) is 0 Å². The van der Waals surface area contributed by atoms with Crippen molar-refractivity contribution in [1.29, 1.82) is 0 Å². The zero-order chi connectivity index (χ0) is 110. The van der Waals surface area contributed by atoms with Crippen molar-refractivity contribution in [3.05, 3.63) is 0 Å². The Hall–Kier alpha value is -5.30. The molecule has 12 heterocycles. The summed E-state index contributed by atoms with van der Waals surface area (Å²) in [6.45, 7) is -4.74. The van der Waals surface area contributed by atoms with Crippen molar-refractivity contribution in [3.8, 4) is 0 Å². The maximum absolute atomic E-state index is 14.1. The summed E-state index contributed by atoms with van der Waals surface area (Å²) in [5.74, 6) is -6.16. The maximum Gasteiger partial charge on any atom is 0.217 e. The first-order valence-corrected chi connectivity index (χ1v) is 47.9. The van der Waals surface area contributed by atoms with Crippen molar-refractivity contribution in [3.63, 3.8) is 0 Å². The molecule has 65 heteroatoms. The van der Waals surface area contributed by atoms with Gasteiger partial charge in [-0.3, -0.25) is 28.8 Å². The van der Waals surface area contributed by atoms with Gasteiger partial charge in [0, 0.05) is 41.5 Å². The van der Waals surface area contributed by atoms with Gasteiger partial charge in [-0.05, 0) is 13.8 Å². The smallest absolute Gasteiger partial charge is 0.217 e. The summed E-state index contributed by atoms with van der Waals surface area (Å²) >= 11 is 0. The Morgan fingerprint density at radius 3 is 0.859 bits per heavy atom. The Morgan fingerprint density at radius 1 is 0.188 bits per heavy atom. The third-order valence-corrected chi connectivity index (χ3v) is 27.4. The van der Waals surface area contributed by atoms with Crippen molar-refractivity contribution in [2.45, 2.75) is 423 Å². The second-order valence-corrected chi connectivity index (χ2v) is 38.1. The van der Waals surface area contributed by atoms with E-state index >= 15 is 0 Å². The van der Waals surface area contributed by atoms with Gasteiger partial charge in [0.05, 0.1) is 78.3 Å². The third-order valence-electron chi connectivity index (χ3n) is 27.4. The molecule has 65 nitrogen and oxygen atoms in total. The van der Waals surface area contributed by atoms with Crippen molar-refractivity contribution in [1.82, 2.24) is 31.9 Å². The van der Waals surface area contributed by atoms with Gasteiger partial charge in [0.2, 0.25) is 35.4 Å². The van der Waals surface area contributed by atoms with Crippen LogP contribution < -0.4 is 31.9 Å². The minimum atomic E-state index is -2.96. The summed E-state index contributed by atoms with van der Waals surface area (Å²) < 4.78 is 144. The van der Waals surface area contributed by atoms with Crippen LogP contribution >= 0.6 is 0 Å². The zero-order valence-electron chi connectivity index (χ0n) is 81.0. The first-order valence-electron chi connectivity index (χ1n) is 47.9. The number of rotatable bonds is 38. The Labute approximate surface area is 845 Å². The van der Waals surface area contributed by atoms with Gasteiger partial charge >= 0.3 is 0 Å². The fourth-order valence-electron chi connectivity index (χ4n) is 19.5. The standard InChI is InChI=1S/C84H140N6O59/c1-19-43(105)55(117)59(121)79(129-19)127-17-35-66(53(115)37(73(126)131-35)85-21(3)99)142-77-41(89-25(7)103)54(116)64(32(14-96)137-77)143-82-63(125)70(68(144-75-39(87-23(5)101)51(113)46(108)28(10-92)133-75)36(140-82)18-128-83-71(58(120)49(111)31(13-95)136-83)148-76-40(88-24(6)102)52(114)47(109)29(11-93)134-76)147-84-72(62(124)65(33(15-97)139-84)141-74-38(86-22(4)100)50(112)45(107)27(9-91)132-74)149-78-42(90-26(8)104)69(146-80-60(122)56(118)44(106)20(2)130-80)67(34(16-98)138-78)145-81-61(123)57(119)48(110)30(12-94)135-81/h19-20,27-84,91-98,105-126H,9-18H2,1-8H3,(H,85,99)(H,86,100)(H,87,101)(H,88,102)(H,89,103)(H,90,104)/t19-,20-,27+,28+,29+,30+,31+,32+,33+,34+,35+,36+,37+,38+,39+,40+,41+,42+,43+,44+,45+,46+,47+,48-,49+,50+,51+,52+,53+,54+,55+,56+,57-,58-,59-,60-,61+,62-,63-,64+,65+,66+,67+,68+,69+,70+,71-,72-,73?,74-,75-,76-,77-,78-,79+,80-,81-,82-,83-,84+/m0/s1. The lowest BCUT2D eigenvalue weighted by Crippen LogP contribution is -2.72. The van der Waals surface area contributed by atoms with E-state index in [1.807, 2.05) is 0 Å². The largest absolute Gasteiger partial charge is 0.394 e. The average Bonchev–Trinajstić information content (AvgIpc) is 0.750. The van der Waals surface area contributed by atoms with Crippen LogP contribution in [0.3, 0.4) is 0 Å². The monoisotopic (exact) mass is 2180 g/mol. The molecule has 0 spiro atoms. The molecule has 0 bridgehead atoms. The second kappa shape index (κ2) is 53.4. The van der Waals surface area contributed by atoms with Crippen LogP contribution in [0.25, 0.3) is 0 Å². The molecule has 0 aromatic heterocycles. The minimum Gasteiger partial charge on any atom is -0.394 e. The third kappa shape index (κ3) is 27.5. The molecule has 12 aliphatic heterocycles. The summed E-state index contributed by atoms with van der Waals surface area (Å²) in [6.07, 6.45) is -121. The summed E-state index contributed by atoms with van der Waals surface area (Å²) in [6, 6.07) is -12.4. The van der Waals surface area contributed by atoms with E-state index in [1.165, 1.54) is 13.8 Å². The molecule has 0 radical (unpaired) electrons. The molecule has 0 saturated carbocycles. The number of carbonyl (C=O) groups is 6. The van der Waals surface area contributed by atoms with E-state index in [4.69, 9.17) is 109 Å². The van der Waals surface area contributed by atoms with E-state index in [9.17, 15) is 182 Å². The topological polar surface area (TPSA) is 994 Å². The number of amides is 6. The van der Waals surface area contributed by atoms with Crippen LogP contribution in [0.5, 0.6) is 0 Å². The molecule has 0 aliphatic carbocycles. The maximum atomic E-state index is 14.1. The molecule has 1 unspecified atom stereocenters. The predicted octanol–water partition coefficient (Wildman–Crippen LogP) is -24.2. The molecule has 0 aromatic rings. The van der Waals surface area contributed by atoms with Crippen molar-refractivity contribution in [2.75, 3.05) is 66.1 Å². The van der Waals surface area contributed by atoms with Gasteiger partial charge in [0.15, 0.2) is 75.5 Å². The van der Waals surface area contributed by atoms with Crippen molar-refractivity contribution < 1.29 is 291 Å². The number of ether oxygens (including phenoxy) is 23. The molecule has 6 amide bonds. The van der Waals surface area contributed by atoms with Crippen LogP contribution in [0.1, 0.15) is 55.4 Å². The van der Waals surface area contributed by atoms with Crippen LogP contribution in [0.4, 0.5) is 0 Å². The van der Waals surface area contributed by atoms with E-state index in [2.05, 4.69) is 31.9 Å². The first kappa shape index (κ1) is 122. The van der Waals surface area contributed by atoms with Crippen LogP contribution in [0.15, 0.2) is 0 Å². The Kier molecular flexibility index (Phi) is 43.8. The summed E-state index contributed by atoms with van der Waals surface area (Å²) in [4.78, 5) is 79.9. The molecule has 12 fully saturated rings. The minimum absolute atomic E-state index is 0.833. The fraction of sp³-hybridized carbons (Fsp3) is 0.929. The molecular weight excluding hydrogens is 2040 g/mol. The molecular formula is C84H140N6O59. The summed E-state index contributed by atoms with van der Waals surface area (Å²) in [7, 11) is 0. The lowest BCUT2D eigenvalue weighted by atomic mass is 9.93. The second-order valence-electron chi connectivity index (χ2n) is 38.1. The number of aliphatic hydroxyl groups is 30. The lowest BCUT2D eigenvalue weighted by Gasteiger charge is -2.53. The highest BCUT2D eigenvalue weighted by molar-refractivity contribution is 5.75.